The second-order valence-electron chi connectivity index (χ2n) is 11.6. The van der Waals surface area contributed by atoms with Crippen molar-refractivity contribution in [3.63, 3.8) is 0 Å². The highest BCUT2D eigenvalue weighted by Crippen LogP contribution is 2.30. The zero-order valence-electron chi connectivity index (χ0n) is 25.7. The molecule has 0 radical (unpaired) electrons. The summed E-state index contributed by atoms with van der Waals surface area (Å²) >= 11 is 4.43. The van der Waals surface area contributed by atoms with Crippen molar-refractivity contribution in [2.45, 2.75) is 69.9 Å². The standard InChI is InChI=1S/C35H43N5O3S/c1-3-8-27(34(41)39-19-13-28(14-20-39)40-18-7-15-37-40)22-31(35(42)38-16-5-4-6-17-38)30-23-29(11-9-25(30)2)43-24-26-10-12-32(36)33(44)21-26/h7-12,15,18,21-23,28,44H,3-6,13-14,16-17,19-20,24,36H2,1-2H3/b27-8-,31-22+. The van der Waals surface area contributed by atoms with Crippen molar-refractivity contribution in [2.24, 2.45) is 0 Å². The van der Waals surface area contributed by atoms with Crippen LogP contribution in [-0.2, 0) is 16.2 Å². The van der Waals surface area contributed by atoms with E-state index < -0.39 is 0 Å². The molecular formula is C35H43N5O3S. The number of aryl methyl sites for hydroxylation is 1. The second-order valence-corrected chi connectivity index (χ2v) is 12.1. The van der Waals surface area contributed by atoms with Gasteiger partial charge in [-0.25, -0.2) is 0 Å². The lowest BCUT2D eigenvalue weighted by Gasteiger charge is -2.32. The monoisotopic (exact) mass is 613 g/mol. The van der Waals surface area contributed by atoms with E-state index >= 15 is 0 Å². The van der Waals surface area contributed by atoms with Crippen LogP contribution in [0.1, 0.15) is 68.2 Å². The summed E-state index contributed by atoms with van der Waals surface area (Å²) in [6, 6.07) is 13.7. The van der Waals surface area contributed by atoms with E-state index in [9.17, 15) is 9.59 Å². The topological polar surface area (TPSA) is 93.7 Å². The van der Waals surface area contributed by atoms with Gasteiger partial charge >= 0.3 is 0 Å². The van der Waals surface area contributed by atoms with E-state index in [-0.39, 0.29) is 17.9 Å². The normalized spacial score (nSPS) is 16.7. The molecule has 2 aliphatic rings. The first-order chi connectivity index (χ1) is 21.3. The van der Waals surface area contributed by atoms with Crippen molar-refractivity contribution < 1.29 is 14.3 Å². The minimum Gasteiger partial charge on any atom is -0.489 e. The van der Waals surface area contributed by atoms with Gasteiger partial charge in [0.05, 0.1) is 6.04 Å². The molecule has 9 heteroatoms. The maximum absolute atomic E-state index is 14.2. The molecule has 0 saturated carbocycles. The molecule has 3 heterocycles. The number of nitrogens with zero attached hydrogens (tertiary/aromatic N) is 4. The van der Waals surface area contributed by atoms with E-state index in [2.05, 4.69) is 17.7 Å². The summed E-state index contributed by atoms with van der Waals surface area (Å²) in [6.45, 7) is 7.08. The summed E-state index contributed by atoms with van der Waals surface area (Å²) in [7, 11) is 0. The third-order valence-corrected chi connectivity index (χ3v) is 8.88. The Morgan fingerprint density at radius 1 is 1.02 bits per heavy atom. The molecule has 1 aromatic heterocycles. The van der Waals surface area contributed by atoms with E-state index in [1.807, 2.05) is 89.1 Å². The van der Waals surface area contributed by atoms with E-state index in [4.69, 9.17) is 10.5 Å². The number of aromatic nitrogens is 2. The molecule has 2 N–H and O–H groups in total. The first-order valence-electron chi connectivity index (χ1n) is 15.6. The zero-order valence-corrected chi connectivity index (χ0v) is 26.6. The largest absolute Gasteiger partial charge is 0.489 e. The molecule has 44 heavy (non-hydrogen) atoms. The van der Waals surface area contributed by atoms with E-state index in [1.165, 1.54) is 0 Å². The van der Waals surface area contributed by atoms with Gasteiger partial charge in [-0.3, -0.25) is 14.3 Å². The Morgan fingerprint density at radius 3 is 2.45 bits per heavy atom. The molecule has 0 spiro atoms. The van der Waals surface area contributed by atoms with Crippen LogP contribution in [0.25, 0.3) is 5.57 Å². The number of carbonyl (C=O) groups excluding carboxylic acids is 2. The zero-order chi connectivity index (χ0) is 31.1. The van der Waals surface area contributed by atoms with Crippen LogP contribution < -0.4 is 10.5 Å². The fourth-order valence-electron chi connectivity index (χ4n) is 5.94. The van der Waals surface area contributed by atoms with Crippen LogP contribution in [0.15, 0.2) is 77.5 Å². The number of thiol groups is 1. The van der Waals surface area contributed by atoms with Gasteiger partial charge < -0.3 is 20.3 Å². The van der Waals surface area contributed by atoms with Crippen LogP contribution in [0.2, 0.25) is 0 Å². The van der Waals surface area contributed by atoms with Gasteiger partial charge in [0.2, 0.25) is 0 Å². The quantitative estimate of drug-likeness (QED) is 0.129. The number of amides is 2. The average Bonchev–Trinajstić information content (AvgIpc) is 3.60. The highest BCUT2D eigenvalue weighted by molar-refractivity contribution is 7.80. The number of nitrogens with two attached hydrogens (primary N) is 1. The second kappa shape index (κ2) is 14.7. The van der Waals surface area contributed by atoms with Crippen molar-refractivity contribution in [3.8, 4) is 5.75 Å². The smallest absolute Gasteiger partial charge is 0.254 e. The van der Waals surface area contributed by atoms with Gasteiger partial charge in [-0.15, -0.1) is 12.6 Å². The van der Waals surface area contributed by atoms with Crippen molar-refractivity contribution in [2.75, 3.05) is 31.9 Å². The van der Waals surface area contributed by atoms with Crippen molar-refractivity contribution >= 4 is 35.7 Å². The molecule has 0 bridgehead atoms. The lowest BCUT2D eigenvalue weighted by Crippen LogP contribution is -2.40. The van der Waals surface area contributed by atoms with Gasteiger partial charge in [0.1, 0.15) is 12.4 Å². The number of nitrogen functional groups attached to an aromatic ring is 1. The summed E-state index contributed by atoms with van der Waals surface area (Å²) in [4.78, 5) is 32.6. The molecule has 2 amide bonds. The number of ether oxygens (including phenoxy) is 1. The number of carbonyl (C=O) groups is 2. The van der Waals surface area contributed by atoms with Gasteiger partial charge in [-0.05, 0) is 98.5 Å². The number of benzene rings is 2. The number of hydrogen-bond donors (Lipinski definition) is 2. The van der Waals surface area contributed by atoms with Crippen LogP contribution in [0.4, 0.5) is 5.69 Å². The molecule has 5 rings (SSSR count). The third-order valence-electron chi connectivity index (χ3n) is 8.49. The van der Waals surface area contributed by atoms with E-state index in [0.717, 1.165) is 61.9 Å². The fraction of sp³-hybridized carbons (Fsp3) is 0.400. The molecular weight excluding hydrogens is 570 g/mol. The van der Waals surface area contributed by atoms with Crippen LogP contribution in [-0.4, -0.2) is 57.6 Å². The maximum atomic E-state index is 14.2. The van der Waals surface area contributed by atoms with Crippen LogP contribution in [0, 0.1) is 6.92 Å². The van der Waals surface area contributed by atoms with Gasteiger partial charge in [-0.2, -0.15) is 5.10 Å². The van der Waals surface area contributed by atoms with Crippen LogP contribution in [0.3, 0.4) is 0 Å². The molecule has 0 atom stereocenters. The van der Waals surface area contributed by atoms with Gasteiger partial charge in [-0.1, -0.05) is 25.1 Å². The predicted molar refractivity (Wildman–Crippen MR) is 177 cm³/mol. The lowest BCUT2D eigenvalue weighted by molar-refractivity contribution is -0.128. The summed E-state index contributed by atoms with van der Waals surface area (Å²) in [6.07, 6.45) is 13.0. The Balaban J connectivity index is 1.43. The van der Waals surface area contributed by atoms with E-state index in [1.54, 1.807) is 6.20 Å². The molecule has 3 aromatic rings. The summed E-state index contributed by atoms with van der Waals surface area (Å²) in [5.41, 5.74) is 10.3. The number of allylic oxidation sites excluding steroid dienone is 1. The third kappa shape index (κ3) is 7.56. The highest BCUT2D eigenvalue weighted by atomic mass is 32.1. The molecule has 232 valence electrons. The first-order valence-corrected chi connectivity index (χ1v) is 16.1. The minimum absolute atomic E-state index is 0.0364. The number of anilines is 1. The Hall–Kier alpha value is -3.98. The molecule has 2 fully saturated rings. The summed E-state index contributed by atoms with van der Waals surface area (Å²) in [5.74, 6) is 0.564. The highest BCUT2D eigenvalue weighted by Gasteiger charge is 2.28. The fourth-order valence-corrected chi connectivity index (χ4v) is 6.19. The number of piperidine rings is 2. The predicted octanol–water partition coefficient (Wildman–Crippen LogP) is 6.24. The Labute approximate surface area is 266 Å². The summed E-state index contributed by atoms with van der Waals surface area (Å²) in [5, 5.41) is 4.40. The van der Waals surface area contributed by atoms with Gasteiger partial charge in [0.25, 0.3) is 11.8 Å². The average molecular weight is 614 g/mol. The molecule has 2 aromatic carbocycles. The van der Waals surface area contributed by atoms with E-state index in [0.29, 0.717) is 53.6 Å². The molecule has 0 aliphatic carbocycles. The lowest BCUT2D eigenvalue weighted by atomic mass is 9.95. The number of hydrogen-bond acceptors (Lipinski definition) is 6. The number of likely N-dealkylation sites (tertiary alicyclic amines) is 2. The first kappa shape index (κ1) is 31.4. The Morgan fingerprint density at radius 2 is 1.77 bits per heavy atom. The van der Waals surface area contributed by atoms with Crippen molar-refractivity contribution in [3.05, 3.63) is 89.3 Å². The summed E-state index contributed by atoms with van der Waals surface area (Å²) < 4.78 is 8.16. The van der Waals surface area contributed by atoms with Gasteiger partial charge in [0.15, 0.2) is 0 Å². The van der Waals surface area contributed by atoms with Crippen LogP contribution in [0.5, 0.6) is 5.75 Å². The molecule has 8 nitrogen and oxygen atoms in total. The molecule has 2 saturated heterocycles. The Kier molecular flexibility index (Phi) is 10.5. The number of rotatable bonds is 9. The maximum Gasteiger partial charge on any atom is 0.254 e. The molecule has 2 aliphatic heterocycles. The van der Waals surface area contributed by atoms with Crippen molar-refractivity contribution in [1.82, 2.24) is 19.6 Å². The minimum atomic E-state index is -0.0459. The SMILES string of the molecule is CC/C=C(/C=C(/C(=O)N1CCCCC1)c1cc(OCc2ccc(N)c(S)c2)ccc1C)C(=O)N1CCC(n2cccn2)CC1. The van der Waals surface area contributed by atoms with Crippen molar-refractivity contribution in [1.29, 1.82) is 0 Å². The van der Waals surface area contributed by atoms with Crippen LogP contribution >= 0.6 is 12.6 Å². The molecule has 0 unspecified atom stereocenters. The van der Waals surface area contributed by atoms with Gasteiger partial charge in [0, 0.05) is 60.3 Å². The Bertz CT molecular complexity index is 1520.